The van der Waals surface area contributed by atoms with Crippen molar-refractivity contribution in [3.8, 4) is 11.8 Å². The Balaban J connectivity index is 2.11. The zero-order valence-electron chi connectivity index (χ0n) is 13.2. The standard InChI is InChI=1S/C17H25N3O/c1-13(2)19-11-14-5-4-8-20(12-14)17-9-16(21-3)7-6-15(17)10-18/h6-7,9,13-14,19H,4-5,8,11-12H2,1-3H3. The highest BCUT2D eigenvalue weighted by Gasteiger charge is 2.22. The lowest BCUT2D eigenvalue weighted by Crippen LogP contribution is -2.41. The van der Waals surface area contributed by atoms with Crippen LogP contribution in [0, 0.1) is 17.2 Å². The van der Waals surface area contributed by atoms with Gasteiger partial charge in [-0.05, 0) is 37.4 Å². The highest BCUT2D eigenvalue weighted by atomic mass is 16.5. The molecule has 1 aromatic rings. The third-order valence-corrected chi connectivity index (χ3v) is 4.00. The van der Waals surface area contributed by atoms with Gasteiger partial charge in [-0.2, -0.15) is 5.26 Å². The average Bonchev–Trinajstić information content (AvgIpc) is 2.52. The van der Waals surface area contributed by atoms with Crippen LogP contribution in [0.2, 0.25) is 0 Å². The summed E-state index contributed by atoms with van der Waals surface area (Å²) in [5.74, 6) is 1.45. The average molecular weight is 287 g/mol. The molecular formula is C17H25N3O. The molecule has 1 heterocycles. The molecule has 4 heteroatoms. The third kappa shape index (κ3) is 4.12. The van der Waals surface area contributed by atoms with E-state index in [4.69, 9.17) is 4.74 Å². The van der Waals surface area contributed by atoms with Gasteiger partial charge in [0.05, 0.1) is 18.4 Å². The van der Waals surface area contributed by atoms with Crippen molar-refractivity contribution in [1.82, 2.24) is 5.32 Å². The van der Waals surface area contributed by atoms with Crippen molar-refractivity contribution in [2.45, 2.75) is 32.7 Å². The third-order valence-electron chi connectivity index (χ3n) is 4.00. The first-order valence-electron chi connectivity index (χ1n) is 7.70. The molecular weight excluding hydrogens is 262 g/mol. The van der Waals surface area contributed by atoms with Crippen LogP contribution in [0.15, 0.2) is 18.2 Å². The molecule has 1 aliphatic rings. The van der Waals surface area contributed by atoms with Gasteiger partial charge in [-0.3, -0.25) is 0 Å². The van der Waals surface area contributed by atoms with E-state index in [1.54, 1.807) is 7.11 Å². The van der Waals surface area contributed by atoms with Crippen LogP contribution in [0.1, 0.15) is 32.3 Å². The fourth-order valence-corrected chi connectivity index (χ4v) is 2.85. The van der Waals surface area contributed by atoms with E-state index in [9.17, 15) is 5.26 Å². The Morgan fingerprint density at radius 3 is 2.95 bits per heavy atom. The molecule has 114 valence electrons. The van der Waals surface area contributed by atoms with Gasteiger partial charge in [-0.15, -0.1) is 0 Å². The first kappa shape index (κ1) is 15.7. The Morgan fingerprint density at radius 1 is 1.48 bits per heavy atom. The minimum absolute atomic E-state index is 0.520. The molecule has 0 aliphatic carbocycles. The van der Waals surface area contributed by atoms with E-state index in [0.29, 0.717) is 12.0 Å². The maximum Gasteiger partial charge on any atom is 0.121 e. The summed E-state index contributed by atoms with van der Waals surface area (Å²) in [4.78, 5) is 2.33. The maximum atomic E-state index is 9.32. The number of nitriles is 1. The van der Waals surface area contributed by atoms with E-state index >= 15 is 0 Å². The summed E-state index contributed by atoms with van der Waals surface area (Å²) in [6.07, 6.45) is 2.43. The molecule has 1 N–H and O–H groups in total. The van der Waals surface area contributed by atoms with Crippen molar-refractivity contribution in [3.63, 3.8) is 0 Å². The first-order chi connectivity index (χ1) is 10.1. The lowest BCUT2D eigenvalue weighted by molar-refractivity contribution is 0.378. The molecule has 1 unspecified atom stereocenters. The molecule has 0 radical (unpaired) electrons. The SMILES string of the molecule is COc1ccc(C#N)c(N2CCCC(CNC(C)C)C2)c1. The number of nitrogens with one attached hydrogen (secondary N) is 1. The van der Waals surface area contributed by atoms with Crippen LogP contribution in [-0.4, -0.2) is 32.8 Å². The predicted molar refractivity (Wildman–Crippen MR) is 85.8 cm³/mol. The number of piperidine rings is 1. The number of benzene rings is 1. The van der Waals surface area contributed by atoms with E-state index in [1.807, 2.05) is 18.2 Å². The molecule has 4 nitrogen and oxygen atoms in total. The van der Waals surface area contributed by atoms with Gasteiger partial charge in [0.15, 0.2) is 0 Å². The molecule has 0 amide bonds. The highest BCUT2D eigenvalue weighted by molar-refractivity contribution is 5.62. The number of methoxy groups -OCH3 is 1. The molecule has 0 bridgehead atoms. The van der Waals surface area contributed by atoms with Crippen LogP contribution in [0.4, 0.5) is 5.69 Å². The molecule has 0 spiro atoms. The molecule has 1 aliphatic heterocycles. The molecule has 1 saturated heterocycles. The van der Waals surface area contributed by atoms with E-state index in [1.165, 1.54) is 12.8 Å². The molecule has 1 aromatic carbocycles. The molecule has 21 heavy (non-hydrogen) atoms. The molecule has 0 saturated carbocycles. The van der Waals surface area contributed by atoms with Gasteiger partial charge in [0, 0.05) is 25.2 Å². The maximum absolute atomic E-state index is 9.32. The van der Waals surface area contributed by atoms with Crippen LogP contribution in [0.3, 0.4) is 0 Å². The van der Waals surface area contributed by atoms with Gasteiger partial charge < -0.3 is 15.0 Å². The van der Waals surface area contributed by atoms with Gasteiger partial charge in [0.1, 0.15) is 11.8 Å². The Kier molecular flexibility index (Phi) is 5.46. The van der Waals surface area contributed by atoms with Crippen molar-refractivity contribution in [2.75, 3.05) is 31.6 Å². The Morgan fingerprint density at radius 2 is 2.29 bits per heavy atom. The van der Waals surface area contributed by atoms with E-state index in [0.717, 1.165) is 36.6 Å². The zero-order valence-corrected chi connectivity index (χ0v) is 13.2. The number of rotatable bonds is 5. The summed E-state index contributed by atoms with van der Waals surface area (Å²) in [5.41, 5.74) is 1.74. The van der Waals surface area contributed by atoms with E-state index in [2.05, 4.69) is 30.1 Å². The number of anilines is 1. The Hall–Kier alpha value is -1.73. The van der Waals surface area contributed by atoms with Crippen LogP contribution in [0.25, 0.3) is 0 Å². The summed E-state index contributed by atoms with van der Waals surface area (Å²) in [7, 11) is 1.66. The lowest BCUT2D eigenvalue weighted by atomic mass is 9.96. The minimum Gasteiger partial charge on any atom is -0.497 e. The number of ether oxygens (including phenoxy) is 1. The fraction of sp³-hybridized carbons (Fsp3) is 0.588. The summed E-state index contributed by atoms with van der Waals surface area (Å²) in [6, 6.07) is 8.50. The molecule has 0 aromatic heterocycles. The van der Waals surface area contributed by atoms with Gasteiger partial charge in [-0.25, -0.2) is 0 Å². The minimum atomic E-state index is 0.520. The van der Waals surface area contributed by atoms with Crippen LogP contribution in [0.5, 0.6) is 5.75 Å². The lowest BCUT2D eigenvalue weighted by Gasteiger charge is -2.35. The Bertz CT molecular complexity index is 507. The van der Waals surface area contributed by atoms with Crippen molar-refractivity contribution in [2.24, 2.45) is 5.92 Å². The number of nitrogens with zero attached hydrogens (tertiary/aromatic N) is 2. The number of hydrogen-bond acceptors (Lipinski definition) is 4. The normalized spacial score (nSPS) is 18.6. The Labute approximate surface area is 127 Å². The summed E-state index contributed by atoms with van der Waals surface area (Å²) < 4.78 is 5.30. The molecule has 1 atom stereocenters. The zero-order chi connectivity index (χ0) is 15.2. The van der Waals surface area contributed by atoms with Gasteiger partial charge in [0.25, 0.3) is 0 Å². The second kappa shape index (κ2) is 7.33. The largest absolute Gasteiger partial charge is 0.497 e. The highest BCUT2D eigenvalue weighted by Crippen LogP contribution is 2.29. The summed E-state index contributed by atoms with van der Waals surface area (Å²) in [5, 5.41) is 12.8. The topological polar surface area (TPSA) is 48.3 Å². The second-order valence-corrected chi connectivity index (χ2v) is 6.01. The summed E-state index contributed by atoms with van der Waals surface area (Å²) in [6.45, 7) is 7.41. The van der Waals surface area contributed by atoms with Crippen LogP contribution >= 0.6 is 0 Å². The fourth-order valence-electron chi connectivity index (χ4n) is 2.85. The van der Waals surface area contributed by atoms with Gasteiger partial charge in [0.2, 0.25) is 0 Å². The van der Waals surface area contributed by atoms with Gasteiger partial charge >= 0.3 is 0 Å². The van der Waals surface area contributed by atoms with Crippen molar-refractivity contribution >= 4 is 5.69 Å². The molecule has 2 rings (SSSR count). The van der Waals surface area contributed by atoms with E-state index in [-0.39, 0.29) is 0 Å². The summed E-state index contributed by atoms with van der Waals surface area (Å²) >= 11 is 0. The van der Waals surface area contributed by atoms with Crippen LogP contribution < -0.4 is 15.0 Å². The quantitative estimate of drug-likeness (QED) is 0.904. The predicted octanol–water partition coefficient (Wildman–Crippen LogP) is 2.78. The van der Waals surface area contributed by atoms with Crippen LogP contribution in [-0.2, 0) is 0 Å². The van der Waals surface area contributed by atoms with E-state index < -0.39 is 0 Å². The molecule has 1 fully saturated rings. The number of hydrogen-bond donors (Lipinski definition) is 1. The second-order valence-electron chi connectivity index (χ2n) is 6.01. The smallest absolute Gasteiger partial charge is 0.121 e. The van der Waals surface area contributed by atoms with Crippen molar-refractivity contribution < 1.29 is 4.74 Å². The van der Waals surface area contributed by atoms with Crippen molar-refractivity contribution in [3.05, 3.63) is 23.8 Å². The first-order valence-corrected chi connectivity index (χ1v) is 7.70. The van der Waals surface area contributed by atoms with Crippen molar-refractivity contribution in [1.29, 1.82) is 5.26 Å². The monoisotopic (exact) mass is 287 g/mol. The van der Waals surface area contributed by atoms with Gasteiger partial charge in [-0.1, -0.05) is 13.8 Å².